The summed E-state index contributed by atoms with van der Waals surface area (Å²) in [4.78, 5) is 22.7. The summed E-state index contributed by atoms with van der Waals surface area (Å²) >= 11 is 0. The topological polar surface area (TPSA) is 225 Å². The minimum Gasteiger partial charge on any atom is -0.481 e. The summed E-state index contributed by atoms with van der Waals surface area (Å²) < 4.78 is 5.04. The fourth-order valence-electron chi connectivity index (χ4n) is 4.56. The molecule has 0 bridgehead atoms. The zero-order valence-corrected chi connectivity index (χ0v) is 25.6. The van der Waals surface area contributed by atoms with E-state index in [1.54, 1.807) is 0 Å². The molecule has 0 radical (unpaired) electrons. The van der Waals surface area contributed by atoms with Gasteiger partial charge in [-0.25, -0.2) is 0 Å². The molecule has 0 aliphatic carbocycles. The third-order valence-corrected chi connectivity index (χ3v) is 7.09. The number of aliphatic hydroxyl groups is 8. The number of aliphatic carboxylic acids is 1. The molecular weight excluding hydrogens is 552 g/mol. The predicted molar refractivity (Wildman–Crippen MR) is 157 cm³/mol. The summed E-state index contributed by atoms with van der Waals surface area (Å²) in [7, 11) is 0. The number of aliphatic hydroxyl groups excluding tert-OH is 8. The second-order valence-corrected chi connectivity index (χ2v) is 11.1. The number of carbonyl (C=O) groups excluding carboxylic acids is 1. The van der Waals surface area contributed by atoms with Gasteiger partial charge in [0.2, 0.25) is 0 Å². The highest BCUT2D eigenvalue weighted by Crippen LogP contribution is 2.30. The first-order valence-electron chi connectivity index (χ1n) is 15.6. The van der Waals surface area contributed by atoms with E-state index in [-0.39, 0.29) is 19.4 Å². The Labute approximate surface area is 251 Å². The molecule has 0 spiro atoms. The molecule has 0 amide bonds. The van der Waals surface area contributed by atoms with E-state index in [0.717, 1.165) is 32.1 Å². The number of carboxylic acids is 1. The first-order chi connectivity index (χ1) is 20.1. The molecule has 0 aliphatic rings. The van der Waals surface area contributed by atoms with Crippen LogP contribution in [0.2, 0.25) is 0 Å². The first kappa shape index (κ1) is 42.8. The van der Waals surface area contributed by atoms with Crippen LogP contribution in [0.4, 0.5) is 0 Å². The molecule has 0 aliphatic heterocycles. The maximum atomic E-state index is 12.6. The van der Waals surface area contributed by atoms with E-state index in [1.807, 2.05) is 0 Å². The molecule has 0 heterocycles. The molecule has 6 atom stereocenters. The highest BCUT2D eigenvalue weighted by atomic mass is 16.5. The lowest BCUT2D eigenvalue weighted by Gasteiger charge is -2.29. The van der Waals surface area contributed by atoms with Gasteiger partial charge in [-0.2, -0.15) is 0 Å². The van der Waals surface area contributed by atoms with Crippen LogP contribution in [0.15, 0.2) is 0 Å². The van der Waals surface area contributed by atoms with Crippen molar-refractivity contribution in [3.05, 3.63) is 0 Å². The number of unbranched alkanes of at least 4 members (excludes halogenated alkanes) is 9. The number of hydrogen-bond donors (Lipinski definition) is 9. The largest absolute Gasteiger partial charge is 0.481 e. The van der Waals surface area contributed by atoms with Crippen LogP contribution in [-0.2, 0) is 14.3 Å². The summed E-state index contributed by atoms with van der Waals surface area (Å²) in [6.45, 7) is -0.0968. The minimum absolute atomic E-state index is 0.0974. The molecule has 12 heteroatoms. The Morgan fingerprint density at radius 3 is 1.60 bits per heavy atom. The Morgan fingerprint density at radius 1 is 0.595 bits per heavy atom. The molecule has 0 aromatic heterocycles. The van der Waals surface area contributed by atoms with E-state index in [1.165, 1.54) is 32.1 Å². The summed E-state index contributed by atoms with van der Waals surface area (Å²) in [6, 6.07) is 0. The van der Waals surface area contributed by atoms with Crippen molar-refractivity contribution in [2.24, 2.45) is 11.8 Å². The smallest absolute Gasteiger partial charge is 0.309 e. The number of ether oxygens (including phenoxy) is 1. The quantitative estimate of drug-likeness (QED) is 0.0475. The van der Waals surface area contributed by atoms with E-state index < -0.39 is 74.6 Å². The SMILES string of the molecule is CCCCCCCCCC(=O)O.O=C(OCC(O)CO)C(CC(O)CO)C(CCCCCCC(O)CO)CC(O)CO. The monoisotopic (exact) mass is 612 g/mol. The van der Waals surface area contributed by atoms with Gasteiger partial charge in [0.1, 0.15) is 12.7 Å². The van der Waals surface area contributed by atoms with Crippen molar-refractivity contribution in [3.63, 3.8) is 0 Å². The average molecular weight is 613 g/mol. The summed E-state index contributed by atoms with van der Waals surface area (Å²) in [6.07, 6.45) is 8.47. The number of hydrogen-bond acceptors (Lipinski definition) is 11. The maximum absolute atomic E-state index is 12.6. The first-order valence-corrected chi connectivity index (χ1v) is 15.6. The van der Waals surface area contributed by atoms with Crippen LogP contribution in [0.3, 0.4) is 0 Å². The number of esters is 1. The van der Waals surface area contributed by atoms with Crippen molar-refractivity contribution in [2.45, 2.75) is 134 Å². The molecular formula is C30H60O12. The zero-order valence-electron chi connectivity index (χ0n) is 25.6. The van der Waals surface area contributed by atoms with Gasteiger partial charge in [0.15, 0.2) is 0 Å². The van der Waals surface area contributed by atoms with Crippen molar-refractivity contribution in [1.82, 2.24) is 0 Å². The van der Waals surface area contributed by atoms with Crippen molar-refractivity contribution in [1.29, 1.82) is 0 Å². The lowest BCUT2D eigenvalue weighted by Crippen LogP contribution is -2.35. The highest BCUT2D eigenvalue weighted by molar-refractivity contribution is 5.73. The van der Waals surface area contributed by atoms with Gasteiger partial charge in [0.25, 0.3) is 0 Å². The van der Waals surface area contributed by atoms with Crippen LogP contribution in [0.25, 0.3) is 0 Å². The van der Waals surface area contributed by atoms with E-state index in [2.05, 4.69) is 6.92 Å². The third kappa shape index (κ3) is 26.3. The minimum atomic E-state index is -1.23. The standard InChI is InChI=1S/C20H40O10.C10H20O2/c21-9-15(25)6-4-2-1-3-5-14(7-16(26)10-22)19(8-17(27)11-23)20(29)30-13-18(28)12-24;1-2-3-4-5-6-7-8-9-10(11)12/h14-19,21-28H,1-13H2;2-9H2,1H3,(H,11,12). The molecule has 0 aromatic rings. The Hall–Kier alpha value is -1.38. The van der Waals surface area contributed by atoms with Crippen LogP contribution in [-0.4, -0.2) is 115 Å². The Balaban J connectivity index is 0. The maximum Gasteiger partial charge on any atom is 0.309 e. The second kappa shape index (κ2) is 29.7. The lowest BCUT2D eigenvalue weighted by molar-refractivity contribution is -0.156. The van der Waals surface area contributed by atoms with E-state index in [4.69, 9.17) is 25.2 Å². The van der Waals surface area contributed by atoms with Crippen LogP contribution in [0.1, 0.15) is 110 Å². The average Bonchev–Trinajstić information content (AvgIpc) is 2.98. The van der Waals surface area contributed by atoms with Crippen molar-refractivity contribution in [3.8, 4) is 0 Å². The van der Waals surface area contributed by atoms with Crippen molar-refractivity contribution >= 4 is 11.9 Å². The third-order valence-electron chi connectivity index (χ3n) is 7.09. The molecule has 0 saturated heterocycles. The van der Waals surface area contributed by atoms with Crippen LogP contribution in [0.5, 0.6) is 0 Å². The predicted octanol–water partition coefficient (Wildman–Crippen LogP) is 1.51. The van der Waals surface area contributed by atoms with Gasteiger partial charge in [-0.1, -0.05) is 71.1 Å². The fraction of sp³-hybridized carbons (Fsp3) is 0.933. The summed E-state index contributed by atoms with van der Waals surface area (Å²) in [5.41, 5.74) is 0. The number of carboxylic acid groups (broad SMARTS) is 1. The van der Waals surface area contributed by atoms with Crippen LogP contribution in [0, 0.1) is 11.8 Å². The fourth-order valence-corrected chi connectivity index (χ4v) is 4.56. The summed E-state index contributed by atoms with van der Waals surface area (Å²) in [5, 5.41) is 82.9. The van der Waals surface area contributed by atoms with Gasteiger partial charge in [0, 0.05) is 6.42 Å². The molecule has 12 nitrogen and oxygen atoms in total. The molecule has 252 valence electrons. The normalized spacial score (nSPS) is 15.5. The van der Waals surface area contributed by atoms with Gasteiger partial charge in [-0.15, -0.1) is 0 Å². The molecule has 9 N–H and O–H groups in total. The molecule has 0 rings (SSSR count). The van der Waals surface area contributed by atoms with Gasteiger partial charge >= 0.3 is 11.9 Å². The van der Waals surface area contributed by atoms with E-state index in [0.29, 0.717) is 25.7 Å². The van der Waals surface area contributed by atoms with Crippen LogP contribution < -0.4 is 0 Å². The Morgan fingerprint density at radius 2 is 1.07 bits per heavy atom. The number of rotatable bonds is 27. The molecule has 6 unspecified atom stereocenters. The van der Waals surface area contributed by atoms with E-state index >= 15 is 0 Å². The van der Waals surface area contributed by atoms with Crippen molar-refractivity contribution < 1.29 is 60.3 Å². The van der Waals surface area contributed by atoms with Gasteiger partial charge in [-0.3, -0.25) is 9.59 Å². The Bertz CT molecular complexity index is 621. The summed E-state index contributed by atoms with van der Waals surface area (Å²) in [5.74, 6) is -2.68. The zero-order chi connectivity index (χ0) is 32.2. The van der Waals surface area contributed by atoms with Gasteiger partial charge < -0.3 is 50.7 Å². The molecule has 0 saturated carbocycles. The van der Waals surface area contributed by atoms with Crippen molar-refractivity contribution in [2.75, 3.05) is 33.0 Å². The second-order valence-electron chi connectivity index (χ2n) is 11.1. The van der Waals surface area contributed by atoms with Gasteiger partial charge in [-0.05, 0) is 38.0 Å². The van der Waals surface area contributed by atoms with Crippen LogP contribution >= 0.6 is 0 Å². The molecule has 42 heavy (non-hydrogen) atoms. The van der Waals surface area contributed by atoms with E-state index in [9.17, 15) is 35.1 Å². The lowest BCUT2D eigenvalue weighted by atomic mass is 9.80. The number of carbonyl (C=O) groups is 2. The molecule has 0 fully saturated rings. The van der Waals surface area contributed by atoms with Gasteiger partial charge in [0.05, 0.1) is 50.7 Å². The Kier molecular flexibility index (Phi) is 30.2. The molecule has 0 aromatic carbocycles. The highest BCUT2D eigenvalue weighted by Gasteiger charge is 2.33.